The first kappa shape index (κ1) is 15.0. The fraction of sp³-hybridized carbons (Fsp3) is 0.278. The molecule has 3 nitrogen and oxygen atoms in total. The molecule has 0 unspecified atom stereocenters. The molecule has 1 aliphatic heterocycles. The third-order valence-electron chi connectivity index (χ3n) is 3.99. The fourth-order valence-corrected chi connectivity index (χ4v) is 3.81. The number of fused-ring (bicyclic) bond motifs is 1. The van der Waals surface area contributed by atoms with Crippen molar-refractivity contribution in [1.29, 1.82) is 0 Å². The van der Waals surface area contributed by atoms with Crippen molar-refractivity contribution >= 4 is 29.0 Å². The number of hydrogen-bond donors (Lipinski definition) is 1. The number of rotatable bonds is 3. The van der Waals surface area contributed by atoms with Crippen molar-refractivity contribution in [3.05, 3.63) is 54.1 Å². The van der Waals surface area contributed by atoms with Crippen molar-refractivity contribution in [2.24, 2.45) is 0 Å². The molecule has 4 heteroatoms. The average molecular weight is 312 g/mol. The molecule has 1 aliphatic rings. The Morgan fingerprint density at radius 2 is 1.91 bits per heavy atom. The van der Waals surface area contributed by atoms with Crippen LogP contribution in [-0.4, -0.2) is 17.2 Å². The summed E-state index contributed by atoms with van der Waals surface area (Å²) in [7, 11) is 0. The third kappa shape index (κ3) is 2.83. The number of benzene rings is 2. The van der Waals surface area contributed by atoms with Gasteiger partial charge in [0.25, 0.3) is 0 Å². The SMILES string of the molecule is C[C@H](Sc1ccc(N)cc1)C(=O)N1c2ccccc2C[C@@H]1C. The molecule has 3 rings (SSSR count). The van der Waals surface area contributed by atoms with E-state index in [1.807, 2.05) is 54.3 Å². The van der Waals surface area contributed by atoms with E-state index >= 15 is 0 Å². The molecule has 1 amide bonds. The first-order valence-corrected chi connectivity index (χ1v) is 8.37. The Hall–Kier alpha value is -1.94. The molecule has 2 aromatic rings. The molecule has 0 saturated carbocycles. The molecule has 0 aromatic heterocycles. The number of carbonyl (C=O) groups excluding carboxylic acids is 1. The summed E-state index contributed by atoms with van der Waals surface area (Å²) in [5.41, 5.74) is 8.76. The van der Waals surface area contributed by atoms with Gasteiger partial charge in [0.15, 0.2) is 0 Å². The van der Waals surface area contributed by atoms with Gasteiger partial charge in [-0.2, -0.15) is 0 Å². The summed E-state index contributed by atoms with van der Waals surface area (Å²) in [6, 6.07) is 16.1. The van der Waals surface area contributed by atoms with Crippen LogP contribution in [0.5, 0.6) is 0 Å². The van der Waals surface area contributed by atoms with Crippen LogP contribution in [0.25, 0.3) is 0 Å². The molecule has 0 fully saturated rings. The largest absolute Gasteiger partial charge is 0.399 e. The minimum atomic E-state index is -0.128. The predicted octanol–water partition coefficient (Wildman–Crippen LogP) is 3.73. The van der Waals surface area contributed by atoms with Crippen molar-refractivity contribution in [2.45, 2.75) is 36.5 Å². The Bertz CT molecular complexity index is 684. The number of amides is 1. The molecule has 0 aliphatic carbocycles. The van der Waals surface area contributed by atoms with Gasteiger partial charge >= 0.3 is 0 Å². The molecule has 2 N–H and O–H groups in total. The highest BCUT2D eigenvalue weighted by molar-refractivity contribution is 8.00. The van der Waals surface area contributed by atoms with Gasteiger partial charge in [0, 0.05) is 22.3 Å². The molecule has 0 bridgehead atoms. The van der Waals surface area contributed by atoms with E-state index in [0.29, 0.717) is 0 Å². The summed E-state index contributed by atoms with van der Waals surface area (Å²) in [5.74, 6) is 0.166. The van der Waals surface area contributed by atoms with Crippen LogP contribution < -0.4 is 10.6 Å². The van der Waals surface area contributed by atoms with Crippen molar-refractivity contribution in [2.75, 3.05) is 10.6 Å². The Morgan fingerprint density at radius 3 is 2.64 bits per heavy atom. The number of carbonyl (C=O) groups is 1. The maximum atomic E-state index is 12.9. The predicted molar refractivity (Wildman–Crippen MR) is 93.3 cm³/mol. The highest BCUT2D eigenvalue weighted by Gasteiger charge is 2.33. The molecule has 0 radical (unpaired) electrons. The average Bonchev–Trinajstić information content (AvgIpc) is 2.84. The van der Waals surface area contributed by atoms with Gasteiger partial charge in [-0.25, -0.2) is 0 Å². The van der Waals surface area contributed by atoms with Gasteiger partial charge in [0.2, 0.25) is 5.91 Å². The van der Waals surface area contributed by atoms with Crippen molar-refractivity contribution < 1.29 is 4.79 Å². The van der Waals surface area contributed by atoms with E-state index in [1.165, 1.54) is 5.56 Å². The van der Waals surface area contributed by atoms with Gasteiger partial charge < -0.3 is 10.6 Å². The monoisotopic (exact) mass is 312 g/mol. The zero-order valence-corrected chi connectivity index (χ0v) is 13.6. The van der Waals surface area contributed by atoms with Crippen LogP contribution >= 0.6 is 11.8 Å². The minimum absolute atomic E-state index is 0.128. The maximum absolute atomic E-state index is 12.9. The Morgan fingerprint density at radius 1 is 1.23 bits per heavy atom. The molecular weight excluding hydrogens is 292 g/mol. The lowest BCUT2D eigenvalue weighted by Gasteiger charge is -2.25. The van der Waals surface area contributed by atoms with Crippen LogP contribution in [0, 0.1) is 0 Å². The highest BCUT2D eigenvalue weighted by atomic mass is 32.2. The van der Waals surface area contributed by atoms with Crippen molar-refractivity contribution in [3.63, 3.8) is 0 Å². The molecule has 114 valence electrons. The fourth-order valence-electron chi connectivity index (χ4n) is 2.90. The molecule has 2 aromatic carbocycles. The van der Waals surface area contributed by atoms with Gasteiger partial charge in [-0.3, -0.25) is 4.79 Å². The smallest absolute Gasteiger partial charge is 0.240 e. The molecule has 0 spiro atoms. The number of hydrogen-bond acceptors (Lipinski definition) is 3. The number of anilines is 2. The Balaban J connectivity index is 1.77. The zero-order valence-electron chi connectivity index (χ0n) is 12.8. The standard InChI is InChI=1S/C18H20N2OS/c1-12-11-14-5-3-4-6-17(14)20(12)18(21)13(2)22-16-9-7-15(19)8-10-16/h3-10,12-13H,11,19H2,1-2H3/t12-,13-/m0/s1. The second-order valence-electron chi connectivity index (χ2n) is 5.72. The first-order chi connectivity index (χ1) is 10.6. The highest BCUT2D eigenvalue weighted by Crippen LogP contribution is 2.34. The van der Waals surface area contributed by atoms with E-state index in [2.05, 4.69) is 13.0 Å². The second kappa shape index (κ2) is 6.05. The molecule has 2 atom stereocenters. The van der Waals surface area contributed by atoms with Crippen LogP contribution in [0.3, 0.4) is 0 Å². The van der Waals surface area contributed by atoms with Gasteiger partial charge in [0.05, 0.1) is 5.25 Å². The lowest BCUT2D eigenvalue weighted by Crippen LogP contribution is -2.40. The molecule has 0 saturated heterocycles. The van der Waals surface area contributed by atoms with Crippen LogP contribution in [0.4, 0.5) is 11.4 Å². The van der Waals surface area contributed by atoms with Crippen molar-refractivity contribution in [3.8, 4) is 0 Å². The van der Waals surface area contributed by atoms with Crippen LogP contribution in [0.15, 0.2) is 53.4 Å². The second-order valence-corrected chi connectivity index (χ2v) is 7.13. The van der Waals surface area contributed by atoms with E-state index in [0.717, 1.165) is 22.7 Å². The molecule has 22 heavy (non-hydrogen) atoms. The lowest BCUT2D eigenvalue weighted by molar-refractivity contribution is -0.118. The number of nitrogens with zero attached hydrogens (tertiary/aromatic N) is 1. The minimum Gasteiger partial charge on any atom is -0.399 e. The third-order valence-corrected chi connectivity index (χ3v) is 5.08. The number of para-hydroxylation sites is 1. The summed E-state index contributed by atoms with van der Waals surface area (Å²) >= 11 is 1.58. The topological polar surface area (TPSA) is 46.3 Å². The normalized spacial score (nSPS) is 18.1. The van der Waals surface area contributed by atoms with Crippen LogP contribution in [0.1, 0.15) is 19.4 Å². The molecular formula is C18H20N2OS. The Kier molecular flexibility index (Phi) is 4.12. The van der Waals surface area contributed by atoms with E-state index in [9.17, 15) is 4.79 Å². The number of thioether (sulfide) groups is 1. The summed E-state index contributed by atoms with van der Waals surface area (Å²) in [4.78, 5) is 15.9. The first-order valence-electron chi connectivity index (χ1n) is 7.49. The van der Waals surface area contributed by atoms with Crippen LogP contribution in [-0.2, 0) is 11.2 Å². The summed E-state index contributed by atoms with van der Waals surface area (Å²) in [6.07, 6.45) is 0.932. The van der Waals surface area contributed by atoms with Gasteiger partial charge in [-0.05, 0) is 56.2 Å². The Labute approximate surface area is 135 Å². The maximum Gasteiger partial charge on any atom is 0.240 e. The number of nitrogen functional groups attached to an aromatic ring is 1. The van der Waals surface area contributed by atoms with E-state index < -0.39 is 0 Å². The van der Waals surface area contributed by atoms with Crippen LogP contribution in [0.2, 0.25) is 0 Å². The van der Waals surface area contributed by atoms with Crippen molar-refractivity contribution in [1.82, 2.24) is 0 Å². The summed E-state index contributed by atoms with van der Waals surface area (Å²) in [6.45, 7) is 4.08. The molecule has 1 heterocycles. The summed E-state index contributed by atoms with van der Waals surface area (Å²) < 4.78 is 0. The van der Waals surface area contributed by atoms with Gasteiger partial charge in [-0.15, -0.1) is 11.8 Å². The quantitative estimate of drug-likeness (QED) is 0.694. The van der Waals surface area contributed by atoms with Gasteiger partial charge in [-0.1, -0.05) is 18.2 Å². The summed E-state index contributed by atoms with van der Waals surface area (Å²) in [5, 5.41) is -0.128. The van der Waals surface area contributed by atoms with E-state index in [-0.39, 0.29) is 17.2 Å². The zero-order chi connectivity index (χ0) is 15.7. The van der Waals surface area contributed by atoms with Gasteiger partial charge in [0.1, 0.15) is 0 Å². The number of nitrogens with two attached hydrogens (primary N) is 1. The van der Waals surface area contributed by atoms with E-state index in [1.54, 1.807) is 11.8 Å². The van der Waals surface area contributed by atoms with E-state index in [4.69, 9.17) is 5.73 Å². The lowest BCUT2D eigenvalue weighted by atomic mass is 10.1.